The molecule has 1 atom stereocenters. The lowest BCUT2D eigenvalue weighted by atomic mass is 10.0. The molecule has 0 aliphatic heterocycles. The summed E-state index contributed by atoms with van der Waals surface area (Å²) in [5.41, 5.74) is 3.93. The van der Waals surface area contributed by atoms with Gasteiger partial charge in [0.2, 0.25) is 0 Å². The zero-order valence-electron chi connectivity index (χ0n) is 9.80. The summed E-state index contributed by atoms with van der Waals surface area (Å²) in [4.78, 5) is 7.92. The van der Waals surface area contributed by atoms with Crippen molar-refractivity contribution in [2.45, 2.75) is 6.04 Å². The summed E-state index contributed by atoms with van der Waals surface area (Å²) in [7, 11) is 1.42. The van der Waals surface area contributed by atoms with Gasteiger partial charge < -0.3 is 4.74 Å². The van der Waals surface area contributed by atoms with Crippen LogP contribution in [0.4, 0.5) is 4.39 Å². The molecule has 0 bridgehead atoms. The van der Waals surface area contributed by atoms with Crippen molar-refractivity contribution in [3.05, 3.63) is 53.9 Å². The highest BCUT2D eigenvalue weighted by molar-refractivity contribution is 5.34. The Labute approximate surface area is 104 Å². The summed E-state index contributed by atoms with van der Waals surface area (Å²) in [5.74, 6) is 5.24. The van der Waals surface area contributed by atoms with E-state index in [1.807, 2.05) is 0 Å². The molecule has 3 N–H and O–H groups in total. The molecule has 1 unspecified atom stereocenters. The molecule has 5 nitrogen and oxygen atoms in total. The number of hydrogen-bond acceptors (Lipinski definition) is 5. The zero-order chi connectivity index (χ0) is 13.0. The topological polar surface area (TPSA) is 73.1 Å². The molecule has 0 amide bonds. The first-order chi connectivity index (χ1) is 8.76. The van der Waals surface area contributed by atoms with Crippen LogP contribution in [0.3, 0.4) is 0 Å². The van der Waals surface area contributed by atoms with Gasteiger partial charge in [-0.15, -0.1) is 0 Å². The summed E-state index contributed by atoms with van der Waals surface area (Å²) in [6.45, 7) is 0. The van der Waals surface area contributed by atoms with Crippen molar-refractivity contribution in [2.75, 3.05) is 7.11 Å². The van der Waals surface area contributed by atoms with Gasteiger partial charge in [0.05, 0.1) is 18.8 Å². The van der Waals surface area contributed by atoms with Crippen LogP contribution in [-0.4, -0.2) is 17.1 Å². The van der Waals surface area contributed by atoms with Crippen molar-refractivity contribution >= 4 is 0 Å². The van der Waals surface area contributed by atoms with Gasteiger partial charge in [0.1, 0.15) is 6.33 Å². The zero-order valence-corrected chi connectivity index (χ0v) is 9.80. The van der Waals surface area contributed by atoms with Crippen LogP contribution in [0.25, 0.3) is 0 Å². The lowest BCUT2D eigenvalue weighted by Crippen LogP contribution is -2.29. The number of aromatic nitrogens is 2. The fourth-order valence-electron chi connectivity index (χ4n) is 1.69. The number of rotatable bonds is 4. The maximum Gasteiger partial charge on any atom is 0.165 e. The monoisotopic (exact) mass is 248 g/mol. The highest BCUT2D eigenvalue weighted by Crippen LogP contribution is 2.24. The second kappa shape index (κ2) is 5.52. The molecular weight excluding hydrogens is 235 g/mol. The van der Waals surface area contributed by atoms with Crippen LogP contribution in [-0.2, 0) is 0 Å². The number of halogens is 1. The Morgan fingerprint density at radius 1 is 1.39 bits per heavy atom. The maximum absolute atomic E-state index is 13.6. The molecule has 0 saturated heterocycles. The van der Waals surface area contributed by atoms with Crippen LogP contribution < -0.4 is 16.0 Å². The molecule has 1 aromatic carbocycles. The van der Waals surface area contributed by atoms with E-state index >= 15 is 0 Å². The first kappa shape index (κ1) is 12.4. The summed E-state index contributed by atoms with van der Waals surface area (Å²) >= 11 is 0. The van der Waals surface area contributed by atoms with Crippen LogP contribution in [0.1, 0.15) is 17.3 Å². The Morgan fingerprint density at radius 2 is 2.22 bits per heavy atom. The lowest BCUT2D eigenvalue weighted by molar-refractivity contribution is 0.385. The quantitative estimate of drug-likeness (QED) is 0.628. The average molecular weight is 248 g/mol. The molecule has 0 aliphatic carbocycles. The Kier molecular flexibility index (Phi) is 3.81. The standard InChI is InChI=1S/C12H13FN4O/c1-18-11-3-2-8(6-9(11)13)12(17-14)10-4-5-15-7-16-10/h2-7,12,17H,14H2,1H3. The van der Waals surface area contributed by atoms with Gasteiger partial charge in [-0.1, -0.05) is 6.07 Å². The van der Waals surface area contributed by atoms with E-state index in [2.05, 4.69) is 15.4 Å². The van der Waals surface area contributed by atoms with Gasteiger partial charge in [-0.05, 0) is 23.8 Å². The number of benzene rings is 1. The van der Waals surface area contributed by atoms with Crippen molar-refractivity contribution in [3.63, 3.8) is 0 Å². The Bertz CT molecular complexity index is 521. The molecule has 1 heterocycles. The van der Waals surface area contributed by atoms with E-state index < -0.39 is 11.9 Å². The molecule has 94 valence electrons. The van der Waals surface area contributed by atoms with Gasteiger partial charge >= 0.3 is 0 Å². The number of ether oxygens (including phenoxy) is 1. The predicted octanol–water partition coefficient (Wildman–Crippen LogP) is 1.18. The minimum Gasteiger partial charge on any atom is -0.494 e. The van der Waals surface area contributed by atoms with Gasteiger partial charge in [-0.25, -0.2) is 19.8 Å². The Balaban J connectivity index is 2.37. The molecular formula is C12H13FN4O. The second-order valence-corrected chi connectivity index (χ2v) is 3.63. The summed E-state index contributed by atoms with van der Waals surface area (Å²) < 4.78 is 18.5. The fourth-order valence-corrected chi connectivity index (χ4v) is 1.69. The minimum atomic E-state index is -0.440. The Hall–Kier alpha value is -2.05. The van der Waals surface area contributed by atoms with Crippen LogP contribution in [0.15, 0.2) is 36.8 Å². The van der Waals surface area contributed by atoms with E-state index in [0.29, 0.717) is 11.3 Å². The average Bonchev–Trinajstić information content (AvgIpc) is 2.41. The molecule has 0 spiro atoms. The van der Waals surface area contributed by atoms with Crippen molar-refractivity contribution < 1.29 is 9.13 Å². The summed E-state index contributed by atoms with van der Waals surface area (Å²) in [6, 6.07) is 5.97. The number of methoxy groups -OCH3 is 1. The van der Waals surface area contributed by atoms with E-state index in [1.165, 1.54) is 19.5 Å². The normalized spacial score (nSPS) is 12.2. The van der Waals surface area contributed by atoms with Gasteiger partial charge in [0, 0.05) is 6.20 Å². The highest BCUT2D eigenvalue weighted by atomic mass is 19.1. The maximum atomic E-state index is 13.6. The molecule has 0 aliphatic rings. The van der Waals surface area contributed by atoms with Gasteiger partial charge in [0.15, 0.2) is 11.6 Å². The van der Waals surface area contributed by atoms with E-state index in [0.717, 1.165) is 0 Å². The smallest absolute Gasteiger partial charge is 0.165 e. The largest absolute Gasteiger partial charge is 0.494 e. The predicted molar refractivity (Wildman–Crippen MR) is 64.2 cm³/mol. The Morgan fingerprint density at radius 3 is 2.78 bits per heavy atom. The number of hydrogen-bond donors (Lipinski definition) is 2. The molecule has 0 saturated carbocycles. The fraction of sp³-hybridized carbons (Fsp3) is 0.167. The van der Waals surface area contributed by atoms with Crippen molar-refractivity contribution in [1.29, 1.82) is 0 Å². The minimum absolute atomic E-state index is 0.192. The third-order valence-electron chi connectivity index (χ3n) is 2.58. The van der Waals surface area contributed by atoms with Gasteiger partial charge in [-0.3, -0.25) is 5.84 Å². The number of nitrogens with one attached hydrogen (secondary N) is 1. The molecule has 18 heavy (non-hydrogen) atoms. The molecule has 0 radical (unpaired) electrons. The summed E-state index contributed by atoms with van der Waals surface area (Å²) in [6.07, 6.45) is 3.02. The molecule has 6 heteroatoms. The molecule has 2 rings (SSSR count). The first-order valence-corrected chi connectivity index (χ1v) is 5.31. The van der Waals surface area contributed by atoms with Crippen molar-refractivity contribution in [1.82, 2.24) is 15.4 Å². The van der Waals surface area contributed by atoms with E-state index in [9.17, 15) is 4.39 Å². The van der Waals surface area contributed by atoms with Crippen LogP contribution in [0, 0.1) is 5.82 Å². The molecule has 2 aromatic rings. The van der Waals surface area contributed by atoms with Gasteiger partial charge in [-0.2, -0.15) is 0 Å². The van der Waals surface area contributed by atoms with Crippen LogP contribution in [0.5, 0.6) is 5.75 Å². The highest BCUT2D eigenvalue weighted by Gasteiger charge is 2.15. The third-order valence-corrected chi connectivity index (χ3v) is 2.58. The van der Waals surface area contributed by atoms with E-state index in [1.54, 1.807) is 24.4 Å². The van der Waals surface area contributed by atoms with E-state index in [4.69, 9.17) is 10.6 Å². The van der Waals surface area contributed by atoms with Crippen molar-refractivity contribution in [2.24, 2.45) is 5.84 Å². The number of hydrazine groups is 1. The second-order valence-electron chi connectivity index (χ2n) is 3.63. The van der Waals surface area contributed by atoms with Crippen molar-refractivity contribution in [3.8, 4) is 5.75 Å². The molecule has 0 fully saturated rings. The molecule has 1 aromatic heterocycles. The van der Waals surface area contributed by atoms with Crippen LogP contribution >= 0.6 is 0 Å². The SMILES string of the molecule is COc1ccc(C(NN)c2ccncn2)cc1F. The first-order valence-electron chi connectivity index (χ1n) is 5.31. The third kappa shape index (κ3) is 2.44. The summed E-state index contributed by atoms with van der Waals surface area (Å²) in [5, 5.41) is 0. The van der Waals surface area contributed by atoms with Gasteiger partial charge in [0.25, 0.3) is 0 Å². The lowest BCUT2D eigenvalue weighted by Gasteiger charge is -2.16. The van der Waals surface area contributed by atoms with Crippen LogP contribution in [0.2, 0.25) is 0 Å². The number of nitrogens with zero attached hydrogens (tertiary/aromatic N) is 2. The van der Waals surface area contributed by atoms with E-state index in [-0.39, 0.29) is 5.75 Å². The number of nitrogens with two attached hydrogens (primary N) is 1.